The Kier molecular flexibility index (Phi) is 48.5. The van der Waals surface area contributed by atoms with Gasteiger partial charge in [-0.1, -0.05) is 111 Å². The van der Waals surface area contributed by atoms with Crippen LogP contribution in [-0.2, 0) is 18.7 Å². The number of alkyl halides is 1. The van der Waals surface area contributed by atoms with Crippen LogP contribution in [0.1, 0.15) is 174 Å². The summed E-state index contributed by atoms with van der Waals surface area (Å²) in [4.78, 5) is 10.3. The van der Waals surface area contributed by atoms with E-state index in [0.29, 0.717) is 36.5 Å². The first kappa shape index (κ1) is 83.4. The minimum absolute atomic E-state index is 0. The summed E-state index contributed by atoms with van der Waals surface area (Å²) in [5.74, 6) is 9.46. The maximum absolute atomic E-state index is 10.3. The van der Waals surface area contributed by atoms with Gasteiger partial charge in [0.05, 0.1) is 6.61 Å². The molecular weight excluding hydrogens is 1110 g/mol. The molecule has 7 rings (SSSR count). The van der Waals surface area contributed by atoms with E-state index in [4.69, 9.17) is 58.0 Å². The number of aldehydes is 1. The predicted octanol–water partition coefficient (Wildman–Crippen LogP) is 13.5. The molecule has 3 aliphatic rings. The van der Waals surface area contributed by atoms with Gasteiger partial charge in [0.25, 0.3) is 0 Å². The summed E-state index contributed by atoms with van der Waals surface area (Å²) in [7, 11) is 0. The molecule has 4 aromatic carbocycles. The van der Waals surface area contributed by atoms with Gasteiger partial charge in [-0.25, -0.2) is 0 Å². The molecule has 4 aromatic rings. The first-order chi connectivity index (χ1) is 41.2. The van der Waals surface area contributed by atoms with E-state index in [1.807, 2.05) is 36.4 Å². The normalized spacial score (nSPS) is 11.7. The van der Waals surface area contributed by atoms with E-state index < -0.39 is 0 Å². The molecular formula is C75H97ClLi2O10. The molecule has 0 saturated heterocycles. The molecule has 0 bridgehead atoms. The Hall–Kier alpha value is -6.70. The molecule has 466 valence electrons. The molecule has 0 radical (unpaired) electrons. The molecule has 0 amide bonds. The zero-order chi connectivity index (χ0) is 64.1. The maximum atomic E-state index is 10.3. The van der Waals surface area contributed by atoms with E-state index in [2.05, 4.69) is 151 Å². The van der Waals surface area contributed by atoms with E-state index in [0.717, 1.165) is 117 Å². The summed E-state index contributed by atoms with van der Waals surface area (Å²) in [5.41, 5.74) is 14.9. The monoisotopic (exact) mass is 1210 g/mol. The maximum Gasteiger partial charge on any atom is 1.00 e. The zero-order valence-corrected chi connectivity index (χ0v) is 56.3. The molecule has 0 aliphatic carbocycles. The number of fused-ring (bicyclic) bond motifs is 3. The number of rotatable bonds is 21. The summed E-state index contributed by atoms with van der Waals surface area (Å²) >= 11 is 5.63. The number of halogens is 1. The van der Waals surface area contributed by atoms with Crippen LogP contribution in [0.25, 0.3) is 0 Å². The van der Waals surface area contributed by atoms with Gasteiger partial charge in [0.1, 0.15) is 6.29 Å². The number of phenolic OH excluding ortho intramolecular Hbond substituents is 2. The Morgan fingerprint density at radius 1 is 0.500 bits per heavy atom. The fourth-order valence-corrected chi connectivity index (χ4v) is 7.84. The summed E-state index contributed by atoms with van der Waals surface area (Å²) in [6.07, 6.45) is 41.9. The smallest absolute Gasteiger partial charge is 0.729 e. The fraction of sp³-hybridized carbons (Fsp3) is 0.387. The number of benzene rings is 4. The molecule has 0 atom stereocenters. The van der Waals surface area contributed by atoms with Gasteiger partial charge in [0.15, 0.2) is 46.0 Å². The second-order valence-electron chi connectivity index (χ2n) is 21.6. The van der Waals surface area contributed by atoms with Crippen molar-refractivity contribution in [3.05, 3.63) is 202 Å². The molecule has 0 spiro atoms. The van der Waals surface area contributed by atoms with Crippen LogP contribution in [0, 0.1) is 31.6 Å². The molecule has 10 nitrogen and oxygen atoms in total. The average Bonchev–Trinajstić information content (AvgIpc) is 4.38. The first-order valence-electron chi connectivity index (χ1n) is 29.3. The van der Waals surface area contributed by atoms with Crippen LogP contribution >= 0.6 is 11.6 Å². The van der Waals surface area contributed by atoms with Crippen LogP contribution in [0.4, 0.5) is 0 Å². The molecule has 88 heavy (non-hydrogen) atoms. The van der Waals surface area contributed by atoms with Crippen LogP contribution in [0.5, 0.6) is 46.0 Å². The van der Waals surface area contributed by atoms with E-state index in [1.54, 1.807) is 30.2 Å². The summed E-state index contributed by atoms with van der Waals surface area (Å²) in [6.45, 7) is 29.5. The van der Waals surface area contributed by atoms with E-state index in [9.17, 15) is 15.0 Å². The van der Waals surface area contributed by atoms with E-state index >= 15 is 0 Å². The fourth-order valence-electron chi connectivity index (χ4n) is 7.68. The summed E-state index contributed by atoms with van der Waals surface area (Å²) < 4.78 is 31.1. The predicted molar refractivity (Wildman–Crippen MR) is 357 cm³/mol. The number of hydrogen-bond donors (Lipinski definition) is 3. The molecule has 0 aromatic heterocycles. The SMILES string of the molecule is C#CCC/C=C(\C)CCC=C(C)C.CC(C)=CCC/C(C)=C/CO.CC(C)=CCC/C(C)=C/Cc1ccc(O)c(O)c1.CC(C)=CCC/C(C)=C/Cc1ccc2c(c1)OCO2.ClCc1ccc2c(c1)OCO2.O=Cc1ccc2c(c1)OCO2.[C-]#C[CH2-].[Li+].[Li+]. The number of unbranched alkanes of at least 4 members (excludes halogenated alkanes) is 1. The number of aromatic hydroxyl groups is 2. The van der Waals surface area contributed by atoms with Crippen molar-refractivity contribution < 1.29 is 86.3 Å². The second kappa shape index (κ2) is 51.2. The largest absolute Gasteiger partial charge is 1.00 e. The Morgan fingerprint density at radius 2 is 0.852 bits per heavy atom. The number of allylic oxidation sites excluding steroid dienone is 15. The van der Waals surface area contributed by atoms with Crippen LogP contribution in [-0.4, -0.2) is 48.6 Å². The third kappa shape index (κ3) is 40.7. The minimum Gasteiger partial charge on any atom is -0.729 e. The van der Waals surface area contributed by atoms with Crippen LogP contribution in [0.2, 0.25) is 0 Å². The van der Waals surface area contributed by atoms with Gasteiger partial charge >= 0.3 is 37.7 Å². The van der Waals surface area contributed by atoms with Crippen molar-refractivity contribution in [2.24, 2.45) is 0 Å². The molecule has 0 unspecified atom stereocenters. The number of hydrogen-bond acceptors (Lipinski definition) is 10. The molecule has 0 fully saturated rings. The number of phenols is 2. The van der Waals surface area contributed by atoms with Crippen LogP contribution < -0.4 is 66.1 Å². The Labute approximate surface area is 559 Å². The Bertz CT molecular complexity index is 2990. The zero-order valence-electron chi connectivity index (χ0n) is 55.5. The Morgan fingerprint density at radius 3 is 1.24 bits per heavy atom. The number of ether oxygens (including phenoxy) is 6. The topological polar surface area (TPSA) is 133 Å². The van der Waals surface area contributed by atoms with Gasteiger partial charge in [-0.15, -0.1) is 23.9 Å². The third-order valence-electron chi connectivity index (χ3n) is 12.6. The quantitative estimate of drug-likeness (QED) is 0.0108. The number of aliphatic hydroxyl groups excluding tert-OH is 1. The van der Waals surface area contributed by atoms with Crippen molar-refractivity contribution in [2.45, 2.75) is 166 Å². The van der Waals surface area contributed by atoms with Gasteiger partial charge in [-0.05, 0) is 225 Å². The van der Waals surface area contributed by atoms with Crippen molar-refractivity contribution in [1.29, 1.82) is 0 Å². The van der Waals surface area contributed by atoms with Gasteiger partial charge < -0.3 is 63.0 Å². The van der Waals surface area contributed by atoms with Crippen LogP contribution in [0.3, 0.4) is 0 Å². The molecule has 3 heterocycles. The van der Waals surface area contributed by atoms with Gasteiger partial charge in [-0.3, -0.25) is 4.79 Å². The van der Waals surface area contributed by atoms with E-state index in [1.165, 1.54) is 56.2 Å². The number of terminal acetylenes is 1. The summed E-state index contributed by atoms with van der Waals surface area (Å²) in [5, 5.41) is 27.2. The Balaban J connectivity index is 0. The van der Waals surface area contributed by atoms with E-state index in [-0.39, 0.29) is 62.6 Å². The van der Waals surface area contributed by atoms with Gasteiger partial charge in [0.2, 0.25) is 20.4 Å². The standard InChI is InChI=1S/C17H22O2.C16H22O2.C13H20.C10H18O.C8H7ClO2.C8H6O3.C3H2.2Li/c1-13(2)5-4-6-14(3)7-8-15-9-10-16-17(11-15)19-12-18-16;1-12(2)5-4-6-13(3)7-8-14-9-10-15(17)16(18)11-14;1-5-6-7-10-13(4)11-8-9-12(2)3;1-9(2)5-4-6-10(3)7-8-11;2*9-4-6-1-2-7-8(3-6)11-5-10-7;1-3-2;;/h5,7,9-11H,4,6,8,12H2,1-3H3;5,7,9-11,17-18H,4,6,8H2,1-3H3;1,9-10H,6-8,11H2,2-4H3;5,7,11H,4,6,8H2,1-3H3;1-3H,4-5H2;1-4H,5H2;1H2;;/q;;;;;;-2;2*+1/b14-7+;13-7+;13-10+;10-7+;;;;;. The van der Waals surface area contributed by atoms with Gasteiger partial charge in [-0.2, -0.15) is 0 Å². The van der Waals surface area contributed by atoms with Crippen molar-refractivity contribution in [1.82, 2.24) is 0 Å². The molecule has 0 saturated carbocycles. The second-order valence-corrected chi connectivity index (χ2v) is 21.8. The van der Waals surface area contributed by atoms with Crippen molar-refractivity contribution in [3.63, 3.8) is 0 Å². The number of aliphatic hydroxyl groups is 1. The first-order valence-corrected chi connectivity index (χ1v) is 29.8. The third-order valence-corrected chi connectivity index (χ3v) is 12.9. The molecule has 3 N–H and O–H groups in total. The van der Waals surface area contributed by atoms with Crippen molar-refractivity contribution in [2.75, 3.05) is 27.0 Å². The van der Waals surface area contributed by atoms with Crippen molar-refractivity contribution in [3.8, 4) is 64.3 Å². The van der Waals surface area contributed by atoms with Crippen LogP contribution in [0.15, 0.2) is 166 Å². The van der Waals surface area contributed by atoms with Crippen molar-refractivity contribution >= 4 is 17.9 Å². The number of carbonyl (C=O) groups is 1. The molecule has 13 heteroatoms. The average molecular weight is 1210 g/mol. The van der Waals surface area contributed by atoms with Gasteiger partial charge in [0, 0.05) is 17.9 Å². The minimum atomic E-state index is -0.0667. The molecule has 3 aliphatic heterocycles. The number of carbonyl (C=O) groups excluding carboxylic acids is 1. The summed E-state index contributed by atoms with van der Waals surface area (Å²) in [6, 6.07) is 21.9.